The molecule has 0 aliphatic carbocycles. The predicted octanol–water partition coefficient (Wildman–Crippen LogP) is 2.18. The Morgan fingerprint density at radius 2 is 1.79 bits per heavy atom. The highest BCUT2D eigenvalue weighted by Crippen LogP contribution is 2.01. The van der Waals surface area contributed by atoms with Crippen LogP contribution >= 0.6 is 0 Å². The van der Waals surface area contributed by atoms with Crippen molar-refractivity contribution in [3.05, 3.63) is 35.9 Å². The van der Waals surface area contributed by atoms with Crippen molar-refractivity contribution in [1.29, 1.82) is 0 Å². The molecule has 3 heteroatoms. The standard InChI is InChI=1S/C11H17NOSi/c1-14(2,3)12-11(13)9-10-7-5-4-6-8-10/h4-8H,9H2,1-3H3,(H,12,13). The maximum absolute atomic E-state index is 11.6. The Bertz CT molecular complexity index is 303. The molecule has 0 fully saturated rings. The molecule has 0 atom stereocenters. The van der Waals surface area contributed by atoms with Crippen molar-refractivity contribution in [2.24, 2.45) is 0 Å². The SMILES string of the molecule is C[Si](C)(C)NC(=O)Cc1ccccc1. The third-order valence-electron chi connectivity index (χ3n) is 1.72. The van der Waals surface area contributed by atoms with Crippen LogP contribution in [0.3, 0.4) is 0 Å². The van der Waals surface area contributed by atoms with Crippen LogP contribution in [0, 0.1) is 0 Å². The molecule has 0 saturated carbocycles. The second-order valence-electron chi connectivity index (χ2n) is 4.46. The molecule has 76 valence electrons. The fraction of sp³-hybridized carbons (Fsp3) is 0.364. The molecule has 1 N–H and O–H groups in total. The van der Waals surface area contributed by atoms with Gasteiger partial charge in [0, 0.05) is 0 Å². The van der Waals surface area contributed by atoms with Gasteiger partial charge in [0.2, 0.25) is 5.91 Å². The summed E-state index contributed by atoms with van der Waals surface area (Å²) in [6.07, 6.45) is 0.491. The summed E-state index contributed by atoms with van der Waals surface area (Å²) in [6.45, 7) is 6.36. The smallest absolute Gasteiger partial charge is 0.216 e. The normalized spacial score (nSPS) is 11.1. The number of nitrogens with one attached hydrogen (secondary N) is 1. The zero-order valence-electron chi connectivity index (χ0n) is 9.00. The van der Waals surface area contributed by atoms with Crippen molar-refractivity contribution >= 4 is 14.1 Å². The van der Waals surface area contributed by atoms with Gasteiger partial charge in [0.15, 0.2) is 0 Å². The van der Waals surface area contributed by atoms with Crippen LogP contribution in [0.1, 0.15) is 5.56 Å². The minimum atomic E-state index is -1.47. The summed E-state index contributed by atoms with van der Waals surface area (Å²) in [5.74, 6) is 0.135. The van der Waals surface area contributed by atoms with Crippen LogP contribution < -0.4 is 4.98 Å². The van der Waals surface area contributed by atoms with Crippen LogP contribution in [-0.2, 0) is 11.2 Å². The van der Waals surface area contributed by atoms with E-state index in [4.69, 9.17) is 0 Å². The number of hydrogen-bond acceptors (Lipinski definition) is 1. The van der Waals surface area contributed by atoms with Crippen molar-refractivity contribution in [2.75, 3.05) is 0 Å². The highest BCUT2D eigenvalue weighted by atomic mass is 28.3. The third kappa shape index (κ3) is 4.23. The van der Waals surface area contributed by atoms with E-state index in [1.165, 1.54) is 0 Å². The molecule has 14 heavy (non-hydrogen) atoms. The lowest BCUT2D eigenvalue weighted by atomic mass is 10.1. The first kappa shape index (κ1) is 11.0. The quantitative estimate of drug-likeness (QED) is 0.756. The molecular weight excluding hydrogens is 190 g/mol. The van der Waals surface area contributed by atoms with Crippen LogP contribution in [0.5, 0.6) is 0 Å². The fourth-order valence-electron chi connectivity index (χ4n) is 1.24. The molecule has 0 aliphatic rings. The molecule has 2 nitrogen and oxygen atoms in total. The van der Waals surface area contributed by atoms with E-state index < -0.39 is 8.24 Å². The average molecular weight is 207 g/mol. The van der Waals surface area contributed by atoms with Crippen molar-refractivity contribution in [1.82, 2.24) is 4.98 Å². The van der Waals surface area contributed by atoms with Gasteiger partial charge in [-0.25, -0.2) is 0 Å². The second kappa shape index (κ2) is 4.42. The predicted molar refractivity (Wildman–Crippen MR) is 61.6 cm³/mol. The van der Waals surface area contributed by atoms with Crippen LogP contribution in [0.4, 0.5) is 0 Å². The summed E-state index contributed by atoms with van der Waals surface area (Å²) in [4.78, 5) is 14.6. The van der Waals surface area contributed by atoms with Crippen LogP contribution in [0.15, 0.2) is 30.3 Å². The van der Waals surface area contributed by atoms with E-state index in [1.807, 2.05) is 30.3 Å². The molecule has 1 rings (SSSR count). The summed E-state index contributed by atoms with van der Waals surface area (Å²) in [5.41, 5.74) is 1.07. The van der Waals surface area contributed by atoms with Gasteiger partial charge < -0.3 is 4.98 Å². The average Bonchev–Trinajstić information content (AvgIpc) is 2.02. The van der Waals surface area contributed by atoms with Gasteiger partial charge in [-0.1, -0.05) is 50.0 Å². The zero-order valence-corrected chi connectivity index (χ0v) is 10.0. The van der Waals surface area contributed by atoms with E-state index in [0.29, 0.717) is 6.42 Å². The largest absolute Gasteiger partial charge is 0.382 e. The van der Waals surface area contributed by atoms with Gasteiger partial charge in [-0.3, -0.25) is 4.79 Å². The molecule has 0 saturated heterocycles. The van der Waals surface area contributed by atoms with Gasteiger partial charge in [0.1, 0.15) is 8.24 Å². The summed E-state index contributed by atoms with van der Waals surface area (Å²) >= 11 is 0. The molecule has 1 aromatic rings. The topological polar surface area (TPSA) is 29.1 Å². The fourth-order valence-corrected chi connectivity index (χ4v) is 2.17. The summed E-state index contributed by atoms with van der Waals surface area (Å²) in [7, 11) is -1.47. The Morgan fingerprint density at radius 3 is 2.29 bits per heavy atom. The Balaban J connectivity index is 2.50. The third-order valence-corrected chi connectivity index (χ3v) is 2.75. The molecule has 0 spiro atoms. The van der Waals surface area contributed by atoms with Crippen molar-refractivity contribution in [3.63, 3.8) is 0 Å². The first-order valence-electron chi connectivity index (χ1n) is 4.82. The van der Waals surface area contributed by atoms with Gasteiger partial charge in [0.05, 0.1) is 6.42 Å². The minimum absolute atomic E-state index is 0.135. The number of rotatable bonds is 3. The van der Waals surface area contributed by atoms with E-state index in [9.17, 15) is 4.79 Å². The number of carbonyl (C=O) groups excluding carboxylic acids is 1. The molecule has 0 unspecified atom stereocenters. The van der Waals surface area contributed by atoms with Crippen LogP contribution in [0.25, 0.3) is 0 Å². The molecule has 0 heterocycles. The Morgan fingerprint density at radius 1 is 1.21 bits per heavy atom. The zero-order chi connectivity index (χ0) is 10.6. The van der Waals surface area contributed by atoms with Gasteiger partial charge >= 0.3 is 0 Å². The Labute approximate surface area is 86.4 Å². The van der Waals surface area contributed by atoms with Crippen molar-refractivity contribution < 1.29 is 4.79 Å². The number of amides is 1. The molecule has 0 aromatic heterocycles. The first-order chi connectivity index (χ1) is 6.47. The first-order valence-corrected chi connectivity index (χ1v) is 8.32. The van der Waals surface area contributed by atoms with E-state index in [1.54, 1.807) is 0 Å². The van der Waals surface area contributed by atoms with E-state index >= 15 is 0 Å². The van der Waals surface area contributed by atoms with Gasteiger partial charge in [-0.15, -0.1) is 0 Å². The van der Waals surface area contributed by atoms with Crippen molar-refractivity contribution in [3.8, 4) is 0 Å². The van der Waals surface area contributed by atoms with Gasteiger partial charge in [0.25, 0.3) is 0 Å². The number of carbonyl (C=O) groups is 1. The summed E-state index contributed by atoms with van der Waals surface area (Å²) in [6, 6.07) is 9.82. The molecule has 0 bridgehead atoms. The second-order valence-corrected chi connectivity index (χ2v) is 9.21. The van der Waals surface area contributed by atoms with E-state index in [-0.39, 0.29) is 5.91 Å². The monoisotopic (exact) mass is 207 g/mol. The summed E-state index contributed by atoms with van der Waals surface area (Å²) in [5, 5.41) is 0. The van der Waals surface area contributed by atoms with E-state index in [2.05, 4.69) is 24.6 Å². The van der Waals surface area contributed by atoms with Gasteiger partial charge in [-0.2, -0.15) is 0 Å². The Hall–Kier alpha value is -1.09. The lowest BCUT2D eigenvalue weighted by molar-refractivity contribution is -0.118. The van der Waals surface area contributed by atoms with Crippen LogP contribution in [-0.4, -0.2) is 14.1 Å². The number of benzene rings is 1. The number of hydrogen-bond donors (Lipinski definition) is 1. The Kier molecular flexibility index (Phi) is 3.47. The van der Waals surface area contributed by atoms with E-state index in [0.717, 1.165) is 5.56 Å². The van der Waals surface area contributed by atoms with Crippen LogP contribution in [0.2, 0.25) is 19.6 Å². The molecule has 1 aromatic carbocycles. The van der Waals surface area contributed by atoms with Gasteiger partial charge in [-0.05, 0) is 5.56 Å². The lowest BCUT2D eigenvalue weighted by Gasteiger charge is -2.17. The lowest BCUT2D eigenvalue weighted by Crippen LogP contribution is -2.45. The molecule has 0 radical (unpaired) electrons. The maximum atomic E-state index is 11.6. The minimum Gasteiger partial charge on any atom is -0.382 e. The molecule has 0 aliphatic heterocycles. The highest BCUT2D eigenvalue weighted by molar-refractivity contribution is 6.75. The highest BCUT2D eigenvalue weighted by Gasteiger charge is 2.16. The molecular formula is C11H17NOSi. The maximum Gasteiger partial charge on any atom is 0.216 e. The molecule has 1 amide bonds. The summed E-state index contributed by atoms with van der Waals surface area (Å²) < 4.78 is 0. The van der Waals surface area contributed by atoms with Crippen molar-refractivity contribution in [2.45, 2.75) is 26.1 Å².